The fraction of sp³-hybridized carbons (Fsp3) is 0.357. The first-order valence-corrected chi connectivity index (χ1v) is 6.82. The molecule has 2 atom stereocenters. The number of aryl methyl sites for hydroxylation is 1. The lowest BCUT2D eigenvalue weighted by atomic mass is 9.91. The van der Waals surface area contributed by atoms with Gasteiger partial charge < -0.3 is 20.3 Å². The second-order valence-corrected chi connectivity index (χ2v) is 5.25. The smallest absolute Gasteiger partial charge is 0.321 e. The summed E-state index contributed by atoms with van der Waals surface area (Å²) < 4.78 is 0. The number of carboxylic acids is 1. The van der Waals surface area contributed by atoms with E-state index >= 15 is 0 Å². The number of nitrogens with one attached hydrogen (secondary N) is 2. The zero-order valence-electron chi connectivity index (χ0n) is 11.9. The highest BCUT2D eigenvalue weighted by Crippen LogP contribution is 2.36. The van der Waals surface area contributed by atoms with Crippen LogP contribution in [-0.2, 0) is 17.8 Å². The van der Waals surface area contributed by atoms with E-state index < -0.39 is 18.1 Å². The number of nitrogens with zero attached hydrogens (tertiary/aromatic N) is 2. The Hall–Kier alpha value is -2.45. The molecule has 0 saturated carbocycles. The molecule has 1 aliphatic heterocycles. The number of hydrogen-bond acceptors (Lipinski definition) is 6. The van der Waals surface area contributed by atoms with Crippen molar-refractivity contribution in [2.24, 2.45) is 0 Å². The van der Waals surface area contributed by atoms with Gasteiger partial charge in [0.1, 0.15) is 11.8 Å². The lowest BCUT2D eigenvalue weighted by Crippen LogP contribution is -2.45. The SMILES string of the molecule is Cc1ncc(CO)c([C@H]2N[C@H](C(=O)O)Cc3[nH]cnc32)c1O. The Bertz CT molecular complexity index is 728. The van der Waals surface area contributed by atoms with E-state index in [2.05, 4.69) is 20.3 Å². The van der Waals surface area contributed by atoms with Crippen LogP contribution < -0.4 is 5.32 Å². The number of aromatic hydroxyl groups is 1. The van der Waals surface area contributed by atoms with Gasteiger partial charge in [0, 0.05) is 29.4 Å². The molecule has 0 aliphatic carbocycles. The molecule has 3 rings (SSSR count). The number of aromatic nitrogens is 3. The summed E-state index contributed by atoms with van der Waals surface area (Å²) in [6.07, 6.45) is 3.25. The van der Waals surface area contributed by atoms with E-state index in [-0.39, 0.29) is 18.8 Å². The van der Waals surface area contributed by atoms with E-state index in [1.54, 1.807) is 6.92 Å². The predicted octanol–water partition coefficient (Wildman–Crippen LogP) is -0.000680. The molecule has 8 heteroatoms. The summed E-state index contributed by atoms with van der Waals surface area (Å²) in [6.45, 7) is 1.33. The molecular weight excluding hydrogens is 288 g/mol. The number of aliphatic hydroxyl groups excluding tert-OH is 1. The largest absolute Gasteiger partial charge is 0.506 e. The molecule has 22 heavy (non-hydrogen) atoms. The second kappa shape index (κ2) is 5.39. The summed E-state index contributed by atoms with van der Waals surface area (Å²) in [4.78, 5) is 22.5. The number of imidazole rings is 1. The van der Waals surface area contributed by atoms with Crippen LogP contribution in [0.5, 0.6) is 5.75 Å². The molecule has 0 amide bonds. The average molecular weight is 304 g/mol. The molecule has 2 aromatic heterocycles. The number of carboxylic acid groups (broad SMARTS) is 1. The van der Waals surface area contributed by atoms with Crippen LogP contribution in [-0.4, -0.2) is 42.3 Å². The maximum Gasteiger partial charge on any atom is 0.321 e. The molecule has 0 spiro atoms. The molecule has 8 nitrogen and oxygen atoms in total. The second-order valence-electron chi connectivity index (χ2n) is 5.25. The van der Waals surface area contributed by atoms with Crippen LogP contribution in [0.4, 0.5) is 0 Å². The Morgan fingerprint density at radius 3 is 2.91 bits per heavy atom. The number of fused-ring (bicyclic) bond motifs is 1. The van der Waals surface area contributed by atoms with E-state index in [9.17, 15) is 20.1 Å². The quantitative estimate of drug-likeness (QED) is 0.539. The van der Waals surface area contributed by atoms with Crippen LogP contribution in [0.25, 0.3) is 0 Å². The topological polar surface area (TPSA) is 131 Å². The molecular formula is C14H16N4O4. The number of pyridine rings is 1. The number of carbonyl (C=O) groups is 1. The third-order valence-corrected chi connectivity index (χ3v) is 3.92. The third kappa shape index (κ3) is 2.22. The normalized spacial score (nSPS) is 20.6. The first-order valence-electron chi connectivity index (χ1n) is 6.82. The predicted molar refractivity (Wildman–Crippen MR) is 75.3 cm³/mol. The van der Waals surface area contributed by atoms with Crippen molar-refractivity contribution in [2.75, 3.05) is 0 Å². The molecule has 0 radical (unpaired) electrons. The van der Waals surface area contributed by atoms with E-state index in [1.807, 2.05) is 0 Å². The van der Waals surface area contributed by atoms with Crippen molar-refractivity contribution in [3.63, 3.8) is 0 Å². The molecule has 0 fully saturated rings. The van der Waals surface area contributed by atoms with Crippen LogP contribution in [0.1, 0.15) is 34.3 Å². The third-order valence-electron chi connectivity index (χ3n) is 3.92. The van der Waals surface area contributed by atoms with Gasteiger partial charge in [-0.3, -0.25) is 15.1 Å². The zero-order chi connectivity index (χ0) is 15.9. The van der Waals surface area contributed by atoms with E-state index in [1.165, 1.54) is 12.5 Å². The summed E-state index contributed by atoms with van der Waals surface area (Å²) in [5.41, 5.74) is 2.57. The highest BCUT2D eigenvalue weighted by Gasteiger charge is 2.35. The van der Waals surface area contributed by atoms with Crippen molar-refractivity contribution in [2.45, 2.75) is 32.0 Å². The summed E-state index contributed by atoms with van der Waals surface area (Å²) in [7, 11) is 0. The molecule has 2 aromatic rings. The summed E-state index contributed by atoms with van der Waals surface area (Å²) in [5.74, 6) is -1.05. The maximum atomic E-state index is 11.3. The Labute approximate surface area is 125 Å². The molecule has 116 valence electrons. The minimum absolute atomic E-state index is 0.0657. The molecule has 0 unspecified atom stereocenters. The molecule has 0 saturated heterocycles. The van der Waals surface area contributed by atoms with Crippen molar-refractivity contribution in [1.29, 1.82) is 0 Å². The van der Waals surface area contributed by atoms with E-state index in [0.29, 0.717) is 28.2 Å². The molecule has 0 bridgehead atoms. The number of rotatable bonds is 3. The van der Waals surface area contributed by atoms with Crippen LogP contribution in [0, 0.1) is 6.92 Å². The number of aliphatic hydroxyl groups is 1. The van der Waals surface area contributed by atoms with Gasteiger partial charge in [-0.1, -0.05) is 0 Å². The van der Waals surface area contributed by atoms with Crippen LogP contribution in [0.2, 0.25) is 0 Å². The van der Waals surface area contributed by atoms with Crippen molar-refractivity contribution in [3.05, 3.63) is 40.7 Å². The monoisotopic (exact) mass is 304 g/mol. The highest BCUT2D eigenvalue weighted by molar-refractivity contribution is 5.74. The first-order chi connectivity index (χ1) is 10.5. The molecule has 0 aromatic carbocycles. The Balaban J connectivity index is 2.16. The molecule has 3 heterocycles. The minimum Gasteiger partial charge on any atom is -0.506 e. The fourth-order valence-corrected chi connectivity index (χ4v) is 2.77. The van der Waals surface area contributed by atoms with Gasteiger partial charge in [-0.2, -0.15) is 0 Å². The van der Waals surface area contributed by atoms with Gasteiger partial charge in [0.25, 0.3) is 0 Å². The first kappa shape index (κ1) is 14.5. The summed E-state index contributed by atoms with van der Waals surface area (Å²) in [5, 5.41) is 32.1. The Kier molecular flexibility index (Phi) is 3.55. The number of H-pyrrole nitrogens is 1. The van der Waals surface area contributed by atoms with Crippen LogP contribution in [0.15, 0.2) is 12.5 Å². The molecule has 1 aliphatic rings. The lowest BCUT2D eigenvalue weighted by Gasteiger charge is -2.30. The van der Waals surface area contributed by atoms with Gasteiger partial charge >= 0.3 is 5.97 Å². The number of hydrogen-bond donors (Lipinski definition) is 5. The van der Waals surface area contributed by atoms with Gasteiger partial charge in [0.15, 0.2) is 0 Å². The lowest BCUT2D eigenvalue weighted by molar-refractivity contribution is -0.139. The number of aliphatic carboxylic acids is 1. The number of aromatic amines is 1. The average Bonchev–Trinajstić information content (AvgIpc) is 2.97. The van der Waals surface area contributed by atoms with Crippen molar-refractivity contribution < 1.29 is 20.1 Å². The standard InChI is InChI=1S/C14H16N4O4/c1-6-13(20)10(7(4-19)3-15-6)12-11-8(16-5-17-11)2-9(18-12)14(21)22/h3,5,9,12,18-20H,2,4H2,1H3,(H,16,17)(H,21,22)/t9-,12+/m0/s1. The minimum atomic E-state index is -0.985. The summed E-state index contributed by atoms with van der Waals surface area (Å²) in [6, 6.07) is -1.43. The fourth-order valence-electron chi connectivity index (χ4n) is 2.77. The van der Waals surface area contributed by atoms with Gasteiger partial charge in [-0.15, -0.1) is 0 Å². The molecule has 5 N–H and O–H groups in total. The Morgan fingerprint density at radius 1 is 1.45 bits per heavy atom. The van der Waals surface area contributed by atoms with Crippen molar-refractivity contribution >= 4 is 5.97 Å². The van der Waals surface area contributed by atoms with Gasteiger partial charge in [0.05, 0.1) is 30.4 Å². The zero-order valence-corrected chi connectivity index (χ0v) is 11.9. The van der Waals surface area contributed by atoms with E-state index in [0.717, 1.165) is 0 Å². The van der Waals surface area contributed by atoms with Gasteiger partial charge in [0.2, 0.25) is 0 Å². The van der Waals surface area contributed by atoms with Gasteiger partial charge in [-0.05, 0) is 6.92 Å². The van der Waals surface area contributed by atoms with Crippen molar-refractivity contribution in [1.82, 2.24) is 20.3 Å². The van der Waals surface area contributed by atoms with E-state index in [4.69, 9.17) is 0 Å². The highest BCUT2D eigenvalue weighted by atomic mass is 16.4. The maximum absolute atomic E-state index is 11.3. The van der Waals surface area contributed by atoms with Crippen molar-refractivity contribution in [3.8, 4) is 5.75 Å². The van der Waals surface area contributed by atoms with Crippen LogP contribution in [0.3, 0.4) is 0 Å². The Morgan fingerprint density at radius 2 is 2.23 bits per heavy atom. The van der Waals surface area contributed by atoms with Gasteiger partial charge in [-0.25, -0.2) is 4.98 Å². The summed E-state index contributed by atoms with van der Waals surface area (Å²) >= 11 is 0. The van der Waals surface area contributed by atoms with Crippen LogP contribution >= 0.6 is 0 Å².